The second-order valence-electron chi connectivity index (χ2n) is 2.28. The maximum absolute atomic E-state index is 10.8. The predicted octanol–water partition coefficient (Wildman–Crippen LogP) is -0.401. The van der Waals surface area contributed by atoms with Crippen molar-refractivity contribution in [1.29, 1.82) is 0 Å². The van der Waals surface area contributed by atoms with Gasteiger partial charge >= 0.3 is 0 Å². The van der Waals surface area contributed by atoms with Gasteiger partial charge in [0.15, 0.2) is 5.78 Å². The Morgan fingerprint density at radius 3 is 2.55 bits per heavy atom. The zero-order chi connectivity index (χ0) is 8.69. The van der Waals surface area contributed by atoms with E-state index in [1.54, 1.807) is 0 Å². The third-order valence-corrected chi connectivity index (χ3v) is 1.13. The molecular weight excluding hydrogens is 148 g/mol. The van der Waals surface area contributed by atoms with Crippen LogP contribution in [0.15, 0.2) is 0 Å². The topological polar surface area (TPSA) is 55.8 Å². The van der Waals surface area contributed by atoms with Crippen molar-refractivity contribution in [3.8, 4) is 0 Å². The van der Waals surface area contributed by atoms with Crippen LogP contribution in [-0.4, -0.2) is 44.4 Å². The lowest BCUT2D eigenvalue weighted by Crippen LogP contribution is -2.20. The van der Waals surface area contributed by atoms with Gasteiger partial charge in [-0.2, -0.15) is 0 Å². The van der Waals surface area contributed by atoms with Gasteiger partial charge in [0.1, 0.15) is 6.61 Å². The molecule has 0 saturated carbocycles. The Balaban J connectivity index is 3.40. The van der Waals surface area contributed by atoms with E-state index in [1.807, 2.05) is 0 Å². The van der Waals surface area contributed by atoms with E-state index < -0.39 is 6.10 Å². The number of methoxy groups -OCH3 is 2. The third kappa shape index (κ3) is 5.97. The van der Waals surface area contributed by atoms with Gasteiger partial charge in [0.25, 0.3) is 0 Å². The van der Waals surface area contributed by atoms with Crippen LogP contribution in [0.2, 0.25) is 0 Å². The lowest BCUT2D eigenvalue weighted by atomic mass is 10.2. The molecule has 0 aromatic heterocycles. The van der Waals surface area contributed by atoms with E-state index in [4.69, 9.17) is 5.11 Å². The summed E-state index contributed by atoms with van der Waals surface area (Å²) in [6, 6.07) is 0. The molecule has 0 saturated heterocycles. The fourth-order valence-corrected chi connectivity index (χ4v) is 0.734. The summed E-state index contributed by atoms with van der Waals surface area (Å²) < 4.78 is 9.22. The van der Waals surface area contributed by atoms with Gasteiger partial charge in [-0.1, -0.05) is 0 Å². The molecule has 0 amide bonds. The summed E-state index contributed by atoms with van der Waals surface area (Å²) in [7, 11) is 2.92. The van der Waals surface area contributed by atoms with Crippen LogP contribution in [0.25, 0.3) is 0 Å². The summed E-state index contributed by atoms with van der Waals surface area (Å²) in [4.78, 5) is 10.8. The minimum Gasteiger partial charge on any atom is -0.390 e. The molecule has 1 atom stereocenters. The molecule has 0 bridgehead atoms. The van der Waals surface area contributed by atoms with Crippen LogP contribution in [0, 0.1) is 0 Å². The summed E-state index contributed by atoms with van der Waals surface area (Å²) >= 11 is 0. The highest BCUT2D eigenvalue weighted by atomic mass is 16.5. The second kappa shape index (κ2) is 6.27. The summed E-state index contributed by atoms with van der Waals surface area (Å²) in [5.41, 5.74) is 0. The molecule has 4 nitrogen and oxygen atoms in total. The Morgan fingerprint density at radius 2 is 2.09 bits per heavy atom. The number of carbonyl (C=O) groups excluding carboxylic acids is 1. The van der Waals surface area contributed by atoms with Crippen molar-refractivity contribution in [3.05, 3.63) is 0 Å². The smallest absolute Gasteiger partial charge is 0.161 e. The van der Waals surface area contributed by atoms with Gasteiger partial charge in [-0.15, -0.1) is 0 Å². The van der Waals surface area contributed by atoms with Crippen molar-refractivity contribution >= 4 is 5.78 Å². The minimum absolute atomic E-state index is 0.0563. The van der Waals surface area contributed by atoms with Gasteiger partial charge in [-0.3, -0.25) is 4.79 Å². The lowest BCUT2D eigenvalue weighted by Gasteiger charge is -2.06. The Labute approximate surface area is 66.1 Å². The molecule has 66 valence electrons. The normalized spacial score (nSPS) is 13.0. The van der Waals surface area contributed by atoms with E-state index in [0.29, 0.717) is 0 Å². The van der Waals surface area contributed by atoms with Gasteiger partial charge < -0.3 is 14.6 Å². The van der Waals surface area contributed by atoms with Crippen molar-refractivity contribution in [1.82, 2.24) is 0 Å². The van der Waals surface area contributed by atoms with E-state index in [0.717, 1.165) is 0 Å². The molecule has 11 heavy (non-hydrogen) atoms. The molecule has 1 unspecified atom stereocenters. The molecule has 0 aliphatic rings. The molecular formula is C7H14O4. The van der Waals surface area contributed by atoms with Crippen LogP contribution in [-0.2, 0) is 14.3 Å². The molecule has 0 rings (SSSR count). The van der Waals surface area contributed by atoms with Crippen molar-refractivity contribution in [3.63, 3.8) is 0 Å². The number of rotatable bonds is 6. The number of ether oxygens (including phenoxy) is 2. The monoisotopic (exact) mass is 162 g/mol. The third-order valence-electron chi connectivity index (χ3n) is 1.13. The van der Waals surface area contributed by atoms with Crippen LogP contribution in [0.3, 0.4) is 0 Å². The van der Waals surface area contributed by atoms with Crippen molar-refractivity contribution in [2.45, 2.75) is 12.5 Å². The molecule has 0 spiro atoms. The van der Waals surface area contributed by atoms with Crippen molar-refractivity contribution < 1.29 is 19.4 Å². The molecule has 0 aliphatic carbocycles. The molecule has 4 heteroatoms. The van der Waals surface area contributed by atoms with Crippen LogP contribution in [0.5, 0.6) is 0 Å². The zero-order valence-corrected chi connectivity index (χ0v) is 6.87. The molecule has 1 N–H and O–H groups in total. The van der Waals surface area contributed by atoms with Crippen LogP contribution in [0.1, 0.15) is 6.42 Å². The molecule has 0 heterocycles. The van der Waals surface area contributed by atoms with Crippen molar-refractivity contribution in [2.75, 3.05) is 27.4 Å². The van der Waals surface area contributed by atoms with Gasteiger partial charge in [-0.25, -0.2) is 0 Å². The Morgan fingerprint density at radius 1 is 1.45 bits per heavy atom. The first-order chi connectivity index (χ1) is 5.20. The van der Waals surface area contributed by atoms with Crippen LogP contribution in [0.4, 0.5) is 0 Å². The first-order valence-electron chi connectivity index (χ1n) is 3.38. The standard InChI is InChI=1S/C7H14O4/c1-10-4-6(8)3-7(9)5-11-2/h6,8H,3-5H2,1-2H3. The van der Waals surface area contributed by atoms with Gasteiger partial charge in [0, 0.05) is 20.6 Å². The Hall–Kier alpha value is -0.450. The fraction of sp³-hybridized carbons (Fsp3) is 0.857. The van der Waals surface area contributed by atoms with E-state index in [-0.39, 0.29) is 25.4 Å². The van der Waals surface area contributed by atoms with E-state index in [2.05, 4.69) is 9.47 Å². The number of hydrogen-bond acceptors (Lipinski definition) is 4. The number of aliphatic hydroxyl groups is 1. The Kier molecular flexibility index (Phi) is 6.02. The highest BCUT2D eigenvalue weighted by Gasteiger charge is 2.09. The SMILES string of the molecule is COCC(=O)CC(O)COC. The average Bonchev–Trinajstić information content (AvgIpc) is 1.87. The second-order valence-corrected chi connectivity index (χ2v) is 2.28. The van der Waals surface area contributed by atoms with E-state index in [9.17, 15) is 4.79 Å². The fourth-order valence-electron chi connectivity index (χ4n) is 0.734. The molecule has 0 aliphatic heterocycles. The largest absolute Gasteiger partial charge is 0.390 e. The van der Waals surface area contributed by atoms with Crippen LogP contribution >= 0.6 is 0 Å². The summed E-state index contributed by atoms with van der Waals surface area (Å²) in [6.45, 7) is 0.246. The highest BCUT2D eigenvalue weighted by Crippen LogP contribution is 1.93. The summed E-state index contributed by atoms with van der Waals surface area (Å²) in [5, 5.41) is 9.04. The first-order valence-corrected chi connectivity index (χ1v) is 3.38. The summed E-state index contributed by atoms with van der Waals surface area (Å²) in [6.07, 6.45) is -0.607. The first kappa shape index (κ1) is 10.6. The molecule has 0 aromatic carbocycles. The maximum Gasteiger partial charge on any atom is 0.161 e. The predicted molar refractivity (Wildman–Crippen MR) is 39.4 cm³/mol. The lowest BCUT2D eigenvalue weighted by molar-refractivity contribution is -0.125. The molecule has 0 fully saturated rings. The van der Waals surface area contributed by atoms with Gasteiger partial charge in [0.2, 0.25) is 0 Å². The minimum atomic E-state index is -0.706. The molecule has 0 radical (unpaired) electrons. The summed E-state index contributed by atoms with van der Waals surface area (Å²) in [5.74, 6) is -0.114. The Bertz CT molecular complexity index is 113. The molecule has 0 aromatic rings. The number of carbonyl (C=O) groups is 1. The number of Topliss-reactive ketones (excluding diaryl/α,β-unsaturated/α-hetero) is 1. The van der Waals surface area contributed by atoms with Gasteiger partial charge in [-0.05, 0) is 0 Å². The zero-order valence-electron chi connectivity index (χ0n) is 6.87. The van der Waals surface area contributed by atoms with Gasteiger partial charge in [0.05, 0.1) is 12.7 Å². The van der Waals surface area contributed by atoms with E-state index in [1.165, 1.54) is 14.2 Å². The van der Waals surface area contributed by atoms with Crippen molar-refractivity contribution in [2.24, 2.45) is 0 Å². The number of aliphatic hydroxyl groups excluding tert-OH is 1. The van der Waals surface area contributed by atoms with Crippen LogP contribution < -0.4 is 0 Å². The number of ketones is 1. The van der Waals surface area contributed by atoms with E-state index >= 15 is 0 Å². The average molecular weight is 162 g/mol. The maximum atomic E-state index is 10.8. The highest BCUT2D eigenvalue weighted by molar-refractivity contribution is 5.80. The number of hydrogen-bond donors (Lipinski definition) is 1. The quantitative estimate of drug-likeness (QED) is 0.577.